The molecule has 1 fully saturated rings. The summed E-state index contributed by atoms with van der Waals surface area (Å²) in [5.41, 5.74) is 1.65. The van der Waals surface area contributed by atoms with Crippen molar-refractivity contribution in [1.82, 2.24) is 10.3 Å². The number of halogens is 1. The first-order valence-corrected chi connectivity index (χ1v) is 7.63. The van der Waals surface area contributed by atoms with Crippen molar-refractivity contribution in [1.29, 1.82) is 0 Å². The zero-order chi connectivity index (χ0) is 17.3. The Balaban J connectivity index is 1.92. The Hall–Kier alpha value is -2.54. The SMILES string of the molecule is COC(CNC(=O)c1cc(C2CC2)nc2ccc(F)cc12)C(=O)O. The third-order valence-corrected chi connectivity index (χ3v) is 4.04. The van der Waals surface area contributed by atoms with Crippen LogP contribution in [0.1, 0.15) is 34.8 Å². The molecule has 3 rings (SSSR count). The van der Waals surface area contributed by atoms with Crippen molar-refractivity contribution in [2.24, 2.45) is 0 Å². The molecular weight excluding hydrogens is 315 g/mol. The van der Waals surface area contributed by atoms with Crippen LogP contribution >= 0.6 is 0 Å². The molecule has 1 unspecified atom stereocenters. The number of nitrogens with zero attached hydrogens (tertiary/aromatic N) is 1. The van der Waals surface area contributed by atoms with Crippen LogP contribution in [0, 0.1) is 5.82 Å². The number of aromatic nitrogens is 1. The number of carbonyl (C=O) groups excluding carboxylic acids is 1. The van der Waals surface area contributed by atoms with Gasteiger partial charge < -0.3 is 15.2 Å². The summed E-state index contributed by atoms with van der Waals surface area (Å²) >= 11 is 0. The van der Waals surface area contributed by atoms with Crippen LogP contribution in [-0.4, -0.2) is 41.7 Å². The summed E-state index contributed by atoms with van der Waals surface area (Å²) in [4.78, 5) is 27.9. The topological polar surface area (TPSA) is 88.5 Å². The molecule has 24 heavy (non-hydrogen) atoms. The minimum atomic E-state index is -1.16. The van der Waals surface area contributed by atoms with Crippen LogP contribution in [0.3, 0.4) is 0 Å². The van der Waals surface area contributed by atoms with E-state index >= 15 is 0 Å². The fourth-order valence-electron chi connectivity index (χ4n) is 2.55. The van der Waals surface area contributed by atoms with Crippen molar-refractivity contribution >= 4 is 22.8 Å². The van der Waals surface area contributed by atoms with Crippen LogP contribution in [0.15, 0.2) is 24.3 Å². The number of hydrogen-bond donors (Lipinski definition) is 2. The Labute approximate surface area is 137 Å². The Morgan fingerprint density at radius 3 is 2.79 bits per heavy atom. The fourth-order valence-corrected chi connectivity index (χ4v) is 2.55. The lowest BCUT2D eigenvalue weighted by Gasteiger charge is -2.13. The normalized spacial score (nSPS) is 15.2. The molecule has 1 heterocycles. The molecule has 1 saturated carbocycles. The van der Waals surface area contributed by atoms with E-state index in [4.69, 9.17) is 9.84 Å². The second-order valence-electron chi connectivity index (χ2n) is 5.80. The number of ether oxygens (including phenoxy) is 1. The number of benzene rings is 1. The minimum absolute atomic E-state index is 0.178. The van der Waals surface area contributed by atoms with E-state index < -0.39 is 23.8 Å². The molecular formula is C17H17FN2O4. The van der Waals surface area contributed by atoms with E-state index in [1.165, 1.54) is 19.2 Å². The van der Waals surface area contributed by atoms with Gasteiger partial charge in [0.15, 0.2) is 6.10 Å². The molecule has 1 aromatic carbocycles. The number of rotatable bonds is 6. The second kappa shape index (κ2) is 6.52. The molecule has 1 aliphatic rings. The molecule has 1 aliphatic carbocycles. The quantitative estimate of drug-likeness (QED) is 0.845. The van der Waals surface area contributed by atoms with Crippen molar-refractivity contribution in [3.8, 4) is 0 Å². The molecule has 1 amide bonds. The van der Waals surface area contributed by atoms with Gasteiger partial charge in [0, 0.05) is 24.1 Å². The highest BCUT2D eigenvalue weighted by Crippen LogP contribution is 2.40. The van der Waals surface area contributed by atoms with Crippen LogP contribution < -0.4 is 5.32 Å². The first kappa shape index (κ1) is 16.3. The molecule has 1 aromatic heterocycles. The summed E-state index contributed by atoms with van der Waals surface area (Å²) in [7, 11) is 1.26. The zero-order valence-electron chi connectivity index (χ0n) is 13.1. The van der Waals surface area contributed by atoms with E-state index in [1.54, 1.807) is 12.1 Å². The lowest BCUT2D eigenvalue weighted by Crippen LogP contribution is -2.38. The number of amides is 1. The first-order valence-electron chi connectivity index (χ1n) is 7.63. The van der Waals surface area contributed by atoms with E-state index in [-0.39, 0.29) is 6.54 Å². The predicted octanol–water partition coefficient (Wildman–Crippen LogP) is 2.08. The van der Waals surface area contributed by atoms with Gasteiger partial charge in [-0.05, 0) is 37.1 Å². The number of pyridine rings is 1. The van der Waals surface area contributed by atoms with Gasteiger partial charge in [-0.2, -0.15) is 0 Å². The van der Waals surface area contributed by atoms with Crippen molar-refractivity contribution in [3.63, 3.8) is 0 Å². The standard InChI is InChI=1S/C17H17FN2O4/c1-24-15(17(22)23)8-19-16(21)12-7-14(9-2-3-9)20-13-5-4-10(18)6-11(12)13/h4-7,9,15H,2-3,8H2,1H3,(H,19,21)(H,22,23). The smallest absolute Gasteiger partial charge is 0.334 e. The fraction of sp³-hybridized carbons (Fsp3) is 0.353. The highest BCUT2D eigenvalue weighted by molar-refractivity contribution is 6.06. The second-order valence-corrected chi connectivity index (χ2v) is 5.80. The molecule has 0 aliphatic heterocycles. The van der Waals surface area contributed by atoms with E-state index in [9.17, 15) is 14.0 Å². The van der Waals surface area contributed by atoms with Gasteiger partial charge in [0.25, 0.3) is 5.91 Å². The average molecular weight is 332 g/mol. The first-order chi connectivity index (χ1) is 11.5. The molecule has 126 valence electrons. The summed E-state index contributed by atoms with van der Waals surface area (Å²) < 4.78 is 18.4. The third kappa shape index (κ3) is 3.35. The van der Waals surface area contributed by atoms with Crippen molar-refractivity contribution in [2.45, 2.75) is 24.9 Å². The molecule has 2 aromatic rings. The summed E-state index contributed by atoms with van der Waals surface area (Å²) in [6, 6.07) is 5.78. The molecule has 1 atom stereocenters. The van der Waals surface area contributed by atoms with Gasteiger partial charge in [0.05, 0.1) is 17.6 Å². The number of carboxylic acids is 1. The Kier molecular flexibility index (Phi) is 4.44. The van der Waals surface area contributed by atoms with Gasteiger partial charge in [-0.1, -0.05) is 0 Å². The molecule has 0 bridgehead atoms. The van der Waals surface area contributed by atoms with Gasteiger partial charge >= 0.3 is 5.97 Å². The Morgan fingerprint density at radius 1 is 1.42 bits per heavy atom. The third-order valence-electron chi connectivity index (χ3n) is 4.04. The highest BCUT2D eigenvalue weighted by atomic mass is 19.1. The maximum atomic E-state index is 13.6. The summed E-state index contributed by atoms with van der Waals surface area (Å²) in [6.45, 7) is -0.178. The van der Waals surface area contributed by atoms with Crippen molar-refractivity contribution in [2.75, 3.05) is 13.7 Å². The monoisotopic (exact) mass is 332 g/mol. The predicted molar refractivity (Wildman–Crippen MR) is 84.4 cm³/mol. The number of aliphatic carboxylic acids is 1. The number of nitrogens with one attached hydrogen (secondary N) is 1. The maximum Gasteiger partial charge on any atom is 0.334 e. The zero-order valence-corrected chi connectivity index (χ0v) is 13.1. The average Bonchev–Trinajstić information content (AvgIpc) is 3.38. The van der Waals surface area contributed by atoms with Gasteiger partial charge in [0.1, 0.15) is 5.82 Å². The van der Waals surface area contributed by atoms with Gasteiger partial charge in [0.2, 0.25) is 0 Å². The van der Waals surface area contributed by atoms with Gasteiger partial charge in [-0.25, -0.2) is 9.18 Å². The van der Waals surface area contributed by atoms with E-state index in [0.717, 1.165) is 18.5 Å². The van der Waals surface area contributed by atoms with E-state index in [1.807, 2.05) is 0 Å². The Morgan fingerprint density at radius 2 is 2.17 bits per heavy atom. The van der Waals surface area contributed by atoms with Gasteiger partial charge in [-0.3, -0.25) is 9.78 Å². The lowest BCUT2D eigenvalue weighted by molar-refractivity contribution is -0.148. The number of carbonyl (C=O) groups is 2. The molecule has 0 saturated heterocycles. The van der Waals surface area contributed by atoms with E-state index in [0.29, 0.717) is 22.4 Å². The van der Waals surface area contributed by atoms with Crippen LogP contribution in [0.2, 0.25) is 0 Å². The number of methoxy groups -OCH3 is 1. The maximum absolute atomic E-state index is 13.6. The number of fused-ring (bicyclic) bond motifs is 1. The summed E-state index contributed by atoms with van der Waals surface area (Å²) in [6.07, 6.45) is 0.901. The number of carboxylic acid groups (broad SMARTS) is 1. The van der Waals surface area contributed by atoms with E-state index in [2.05, 4.69) is 10.3 Å². The van der Waals surface area contributed by atoms with Crippen LogP contribution in [0.5, 0.6) is 0 Å². The Bertz CT molecular complexity index is 805. The minimum Gasteiger partial charge on any atom is -0.479 e. The van der Waals surface area contributed by atoms with Gasteiger partial charge in [-0.15, -0.1) is 0 Å². The van der Waals surface area contributed by atoms with Crippen LogP contribution in [0.4, 0.5) is 4.39 Å². The molecule has 0 radical (unpaired) electrons. The van der Waals surface area contributed by atoms with Crippen molar-refractivity contribution < 1.29 is 23.8 Å². The molecule has 2 N–H and O–H groups in total. The van der Waals surface area contributed by atoms with Crippen LogP contribution in [0.25, 0.3) is 10.9 Å². The van der Waals surface area contributed by atoms with Crippen LogP contribution in [-0.2, 0) is 9.53 Å². The number of hydrogen-bond acceptors (Lipinski definition) is 4. The summed E-state index contributed by atoms with van der Waals surface area (Å²) in [5.74, 6) is -1.77. The summed E-state index contributed by atoms with van der Waals surface area (Å²) in [5, 5.41) is 11.9. The lowest BCUT2D eigenvalue weighted by atomic mass is 10.0. The largest absolute Gasteiger partial charge is 0.479 e. The van der Waals surface area contributed by atoms with Crippen molar-refractivity contribution in [3.05, 3.63) is 41.3 Å². The molecule has 0 spiro atoms. The molecule has 7 heteroatoms. The molecule has 6 nitrogen and oxygen atoms in total. The highest BCUT2D eigenvalue weighted by Gasteiger charge is 2.27.